The molecule has 0 atom stereocenters. The Morgan fingerprint density at radius 1 is 1.10 bits per heavy atom. The van der Waals surface area contributed by atoms with Crippen molar-refractivity contribution in [2.24, 2.45) is 0 Å². The maximum absolute atomic E-state index is 12.9. The van der Waals surface area contributed by atoms with Crippen molar-refractivity contribution in [2.45, 2.75) is 37.6 Å². The van der Waals surface area contributed by atoms with Crippen LogP contribution in [0.25, 0.3) is 21.0 Å². The van der Waals surface area contributed by atoms with Gasteiger partial charge in [-0.15, -0.1) is 11.3 Å². The average Bonchev–Trinajstić information content (AvgIpc) is 3.46. The van der Waals surface area contributed by atoms with Gasteiger partial charge in [-0.3, -0.25) is 4.79 Å². The highest BCUT2D eigenvalue weighted by Crippen LogP contribution is 2.31. The summed E-state index contributed by atoms with van der Waals surface area (Å²) in [6.45, 7) is 4.37. The molecule has 1 aliphatic carbocycles. The molecule has 1 amide bonds. The van der Waals surface area contributed by atoms with E-state index >= 15 is 0 Å². The molecule has 2 aliphatic rings. The number of aromatic nitrogens is 1. The van der Waals surface area contributed by atoms with E-state index in [9.17, 15) is 4.79 Å². The number of amides is 1. The molecule has 30 heavy (non-hydrogen) atoms. The Bertz CT molecular complexity index is 983. The Hall–Kier alpha value is -2.22. The number of morpholine rings is 1. The lowest BCUT2D eigenvalue weighted by molar-refractivity contribution is -0.960. The highest BCUT2D eigenvalue weighted by molar-refractivity contribution is 7.21. The monoisotopic (exact) mass is 426 g/mol. The van der Waals surface area contributed by atoms with Crippen LogP contribution in [0.2, 0.25) is 0 Å². The summed E-state index contributed by atoms with van der Waals surface area (Å²) in [5.41, 5.74) is 1.08. The molecule has 3 aromatic rings. The second-order valence-electron chi connectivity index (χ2n) is 8.39. The quantitative estimate of drug-likeness (QED) is 0.658. The fourth-order valence-electron chi connectivity index (χ4n) is 4.92. The summed E-state index contributed by atoms with van der Waals surface area (Å²) in [7, 11) is 0. The molecule has 0 bridgehead atoms. The number of quaternary nitrogens is 1. The summed E-state index contributed by atoms with van der Waals surface area (Å²) >= 11 is 1.58. The largest absolute Gasteiger partial charge is 0.448 e. The third-order valence-electron chi connectivity index (χ3n) is 6.58. The first-order valence-electron chi connectivity index (χ1n) is 10.9. The lowest BCUT2D eigenvalue weighted by Crippen LogP contribution is -3.23. The van der Waals surface area contributed by atoms with Crippen LogP contribution in [0.3, 0.4) is 0 Å². The van der Waals surface area contributed by atoms with Crippen LogP contribution in [-0.4, -0.2) is 49.3 Å². The molecule has 1 saturated carbocycles. The van der Waals surface area contributed by atoms with E-state index in [4.69, 9.17) is 9.15 Å². The van der Waals surface area contributed by atoms with E-state index in [2.05, 4.69) is 10.3 Å². The third-order valence-corrected chi connectivity index (χ3v) is 7.63. The summed E-state index contributed by atoms with van der Waals surface area (Å²) < 4.78 is 12.6. The van der Waals surface area contributed by atoms with Gasteiger partial charge in [0, 0.05) is 12.8 Å². The number of rotatable bonds is 5. The summed E-state index contributed by atoms with van der Waals surface area (Å²) in [5.74, 6) is 0.861. The van der Waals surface area contributed by atoms with Gasteiger partial charge in [-0.1, -0.05) is 18.6 Å². The molecule has 1 aromatic carbocycles. The number of fused-ring (bicyclic) bond motifs is 1. The topological polar surface area (TPSA) is 68.8 Å². The zero-order chi connectivity index (χ0) is 20.4. The van der Waals surface area contributed by atoms with Gasteiger partial charge in [0.2, 0.25) is 0 Å². The number of carbonyl (C=O) groups excluding carboxylic acids is 1. The maximum Gasteiger partial charge on any atom is 0.287 e. The summed E-state index contributed by atoms with van der Waals surface area (Å²) in [4.78, 5) is 19.1. The van der Waals surface area contributed by atoms with Gasteiger partial charge in [-0.25, -0.2) is 4.98 Å². The smallest absolute Gasteiger partial charge is 0.287 e. The van der Waals surface area contributed by atoms with Crippen molar-refractivity contribution < 1.29 is 18.8 Å². The Kier molecular flexibility index (Phi) is 5.58. The highest BCUT2D eigenvalue weighted by atomic mass is 32.1. The third kappa shape index (κ3) is 3.89. The Morgan fingerprint density at radius 2 is 1.90 bits per heavy atom. The number of benzene rings is 1. The van der Waals surface area contributed by atoms with E-state index in [0.717, 1.165) is 54.4 Å². The second kappa shape index (κ2) is 8.49. The lowest BCUT2D eigenvalue weighted by atomic mass is 9.79. The van der Waals surface area contributed by atoms with Crippen LogP contribution in [0.15, 0.2) is 40.8 Å². The molecule has 2 N–H and O–H groups in total. The Labute approximate surface area is 180 Å². The van der Waals surface area contributed by atoms with Crippen LogP contribution in [0.4, 0.5) is 0 Å². The van der Waals surface area contributed by atoms with Crippen molar-refractivity contribution in [3.63, 3.8) is 0 Å². The number of thiazole rings is 1. The van der Waals surface area contributed by atoms with Gasteiger partial charge in [-0.05, 0) is 37.1 Å². The standard InChI is InChI=1S/C23H27N3O3S/c27-21(24-16-23(10-4-1-5-11-23)26-12-14-28-15-13-26)18-8-9-19(29-18)22-25-17-6-2-3-7-20(17)30-22/h2-3,6-9H,1,4-5,10-16H2,(H,24,27)/p+1. The molecule has 2 fully saturated rings. The van der Waals surface area contributed by atoms with Gasteiger partial charge < -0.3 is 19.4 Å². The number of nitrogens with zero attached hydrogens (tertiary/aromatic N) is 1. The molecule has 6 nitrogen and oxygen atoms in total. The zero-order valence-electron chi connectivity index (χ0n) is 17.1. The van der Waals surface area contributed by atoms with Gasteiger partial charge in [-0.2, -0.15) is 0 Å². The minimum absolute atomic E-state index is 0.125. The van der Waals surface area contributed by atoms with Crippen LogP contribution in [-0.2, 0) is 4.74 Å². The molecule has 5 rings (SSSR count). The predicted octanol–water partition coefficient (Wildman–Crippen LogP) is 2.90. The van der Waals surface area contributed by atoms with Crippen molar-refractivity contribution in [3.8, 4) is 10.8 Å². The Morgan fingerprint density at radius 3 is 2.70 bits per heavy atom. The normalized spacial score (nSPS) is 19.7. The number of para-hydroxylation sites is 1. The lowest BCUT2D eigenvalue weighted by Gasteiger charge is -2.44. The number of nitrogens with one attached hydrogen (secondary N) is 2. The van der Waals surface area contributed by atoms with Crippen molar-refractivity contribution in [1.29, 1.82) is 0 Å². The first kappa shape index (κ1) is 19.7. The van der Waals surface area contributed by atoms with E-state index in [1.807, 2.05) is 30.3 Å². The number of hydrogen-bond acceptors (Lipinski definition) is 5. The van der Waals surface area contributed by atoms with E-state index < -0.39 is 0 Å². The van der Waals surface area contributed by atoms with E-state index in [1.54, 1.807) is 22.3 Å². The first-order valence-corrected chi connectivity index (χ1v) is 11.7. The second-order valence-corrected chi connectivity index (χ2v) is 9.42. The van der Waals surface area contributed by atoms with Crippen molar-refractivity contribution in [2.75, 3.05) is 32.8 Å². The van der Waals surface area contributed by atoms with Crippen molar-refractivity contribution in [3.05, 3.63) is 42.2 Å². The minimum Gasteiger partial charge on any atom is -0.448 e. The van der Waals surface area contributed by atoms with E-state index in [-0.39, 0.29) is 11.4 Å². The fraction of sp³-hybridized carbons (Fsp3) is 0.478. The molecule has 1 aliphatic heterocycles. The highest BCUT2D eigenvalue weighted by Gasteiger charge is 2.42. The molecule has 2 aromatic heterocycles. The van der Waals surface area contributed by atoms with Gasteiger partial charge in [0.15, 0.2) is 16.5 Å². The van der Waals surface area contributed by atoms with E-state index in [0.29, 0.717) is 18.1 Å². The SMILES string of the molecule is O=C(NCC1([NH+]2CCOCC2)CCCCC1)c1ccc(-c2nc3ccccc3s2)o1. The van der Waals surface area contributed by atoms with Gasteiger partial charge in [0.25, 0.3) is 5.91 Å². The van der Waals surface area contributed by atoms with Crippen molar-refractivity contribution >= 4 is 27.5 Å². The number of hydrogen-bond donors (Lipinski definition) is 2. The van der Waals surface area contributed by atoms with Crippen LogP contribution in [0.1, 0.15) is 42.7 Å². The first-order chi connectivity index (χ1) is 14.7. The maximum atomic E-state index is 12.9. The van der Waals surface area contributed by atoms with E-state index in [1.165, 1.54) is 19.3 Å². The van der Waals surface area contributed by atoms with Crippen LogP contribution < -0.4 is 10.2 Å². The molecular formula is C23H28N3O3S+. The Balaban J connectivity index is 1.29. The van der Waals surface area contributed by atoms with Crippen LogP contribution >= 0.6 is 11.3 Å². The molecule has 0 spiro atoms. The molecule has 3 heterocycles. The number of carbonyl (C=O) groups is 1. The number of ether oxygens (including phenoxy) is 1. The van der Waals surface area contributed by atoms with Gasteiger partial charge >= 0.3 is 0 Å². The molecule has 1 saturated heterocycles. The molecule has 7 heteroatoms. The summed E-state index contributed by atoms with van der Waals surface area (Å²) in [6, 6.07) is 11.6. The summed E-state index contributed by atoms with van der Waals surface area (Å²) in [5, 5.41) is 3.99. The number of furan rings is 1. The molecule has 0 radical (unpaired) electrons. The average molecular weight is 427 g/mol. The van der Waals surface area contributed by atoms with Crippen molar-refractivity contribution in [1.82, 2.24) is 10.3 Å². The van der Waals surface area contributed by atoms with Gasteiger partial charge in [0.1, 0.15) is 18.6 Å². The molecule has 158 valence electrons. The minimum atomic E-state index is -0.139. The van der Waals surface area contributed by atoms with Crippen LogP contribution in [0, 0.1) is 0 Å². The van der Waals surface area contributed by atoms with Gasteiger partial charge in [0.05, 0.1) is 30.0 Å². The van der Waals surface area contributed by atoms with Crippen LogP contribution in [0.5, 0.6) is 0 Å². The molecular weight excluding hydrogens is 398 g/mol. The fourth-order valence-corrected chi connectivity index (χ4v) is 5.85. The summed E-state index contributed by atoms with van der Waals surface area (Å²) in [6.07, 6.45) is 6.10. The predicted molar refractivity (Wildman–Crippen MR) is 117 cm³/mol. The zero-order valence-corrected chi connectivity index (χ0v) is 17.9. The molecule has 0 unspecified atom stereocenters.